The summed E-state index contributed by atoms with van der Waals surface area (Å²) in [6, 6.07) is 3.70. The van der Waals surface area contributed by atoms with Crippen molar-refractivity contribution in [3.8, 4) is 5.75 Å². The predicted molar refractivity (Wildman–Crippen MR) is 81.5 cm³/mol. The summed E-state index contributed by atoms with van der Waals surface area (Å²) in [7, 11) is 0. The van der Waals surface area contributed by atoms with Gasteiger partial charge in [-0.1, -0.05) is 12.2 Å². The van der Waals surface area contributed by atoms with Crippen LogP contribution in [0.25, 0.3) is 0 Å². The lowest BCUT2D eigenvalue weighted by Gasteiger charge is -2.07. The molecule has 3 rings (SSSR count). The maximum Gasteiger partial charge on any atom is 0.273 e. The number of rotatable bonds is 3. The molecule has 1 saturated carbocycles. The van der Waals surface area contributed by atoms with Crippen molar-refractivity contribution in [2.45, 2.75) is 25.7 Å². The number of phenols is 1. The van der Waals surface area contributed by atoms with Crippen molar-refractivity contribution in [2.75, 3.05) is 5.32 Å². The van der Waals surface area contributed by atoms with E-state index in [0.29, 0.717) is 11.8 Å². The second kappa shape index (κ2) is 5.79. The lowest BCUT2D eigenvalue weighted by atomic mass is 10.1. The zero-order valence-electron chi connectivity index (χ0n) is 12.1. The van der Waals surface area contributed by atoms with Crippen LogP contribution in [-0.4, -0.2) is 15.9 Å². The van der Waals surface area contributed by atoms with Crippen molar-refractivity contribution >= 4 is 17.3 Å². The summed E-state index contributed by atoms with van der Waals surface area (Å²) >= 11 is 0. The Morgan fingerprint density at radius 3 is 2.41 bits per heavy atom. The van der Waals surface area contributed by atoms with Crippen LogP contribution in [0.5, 0.6) is 5.75 Å². The molecule has 0 aromatic heterocycles. The molecule has 0 bridgehead atoms. The number of nitro benzene ring substituents is 1. The summed E-state index contributed by atoms with van der Waals surface area (Å²) < 4.78 is 0. The third-order valence-electron chi connectivity index (χ3n) is 4.58. The van der Waals surface area contributed by atoms with Crippen LogP contribution in [0.15, 0.2) is 30.4 Å². The van der Waals surface area contributed by atoms with E-state index in [0.717, 1.165) is 31.7 Å². The Morgan fingerprint density at radius 2 is 1.86 bits per heavy atom. The van der Waals surface area contributed by atoms with Gasteiger partial charge in [-0.15, -0.1) is 0 Å². The molecule has 2 N–H and O–H groups in total. The van der Waals surface area contributed by atoms with Gasteiger partial charge in [0.1, 0.15) is 5.75 Å². The lowest BCUT2D eigenvalue weighted by molar-refractivity contribution is -0.384. The molecule has 2 atom stereocenters. The zero-order valence-corrected chi connectivity index (χ0v) is 12.1. The lowest BCUT2D eigenvalue weighted by Crippen LogP contribution is -2.15. The molecule has 0 spiro atoms. The number of non-ortho nitro benzene ring substituents is 1. The minimum atomic E-state index is -0.583. The monoisotopic (exact) mass is 302 g/mol. The molecule has 1 amide bonds. The van der Waals surface area contributed by atoms with E-state index in [2.05, 4.69) is 17.5 Å². The minimum absolute atomic E-state index is 0.00510. The number of allylic oxidation sites excluding steroid dienone is 2. The van der Waals surface area contributed by atoms with Crippen LogP contribution in [0.3, 0.4) is 0 Å². The number of anilines is 1. The average Bonchev–Trinajstić information content (AvgIpc) is 3.12. The summed E-state index contributed by atoms with van der Waals surface area (Å²) in [6.45, 7) is 0. The number of aromatic hydroxyl groups is 1. The number of hydrogen-bond acceptors (Lipinski definition) is 4. The number of nitro groups is 1. The van der Waals surface area contributed by atoms with Crippen LogP contribution in [0.2, 0.25) is 0 Å². The number of phenolic OH excluding ortho intramolecular Hbond substituents is 1. The Labute approximate surface area is 128 Å². The molecule has 22 heavy (non-hydrogen) atoms. The van der Waals surface area contributed by atoms with Gasteiger partial charge in [-0.05, 0) is 43.6 Å². The first-order valence-electron chi connectivity index (χ1n) is 7.51. The predicted octanol–water partition coefficient (Wildman–Crippen LogP) is 3.23. The van der Waals surface area contributed by atoms with Crippen LogP contribution in [0.1, 0.15) is 25.7 Å². The van der Waals surface area contributed by atoms with Crippen LogP contribution in [-0.2, 0) is 4.79 Å². The van der Waals surface area contributed by atoms with Crippen LogP contribution in [0.4, 0.5) is 11.4 Å². The third-order valence-corrected chi connectivity index (χ3v) is 4.58. The van der Waals surface area contributed by atoms with Gasteiger partial charge in [0.25, 0.3) is 5.69 Å². The van der Waals surface area contributed by atoms with Crippen molar-refractivity contribution < 1.29 is 14.8 Å². The molecule has 6 nitrogen and oxygen atoms in total. The first-order chi connectivity index (χ1) is 10.6. The number of amides is 1. The Morgan fingerprint density at radius 1 is 1.23 bits per heavy atom. The standard InChI is InChI=1S/C16H18N2O4/c19-14-9-10(18(21)22)7-8-13(14)17-16(20)15-11-5-3-1-2-4-6-12(11)15/h1-2,7-9,11-12,15,19H,3-6H2,(H,17,20)/b2-1-/t11-,12-/m1/s1. The summed E-state index contributed by atoms with van der Waals surface area (Å²) in [5, 5.41) is 23.2. The summed E-state index contributed by atoms with van der Waals surface area (Å²) in [5.41, 5.74) is 0.0302. The van der Waals surface area contributed by atoms with E-state index in [4.69, 9.17) is 0 Å². The highest BCUT2D eigenvalue weighted by Crippen LogP contribution is 2.53. The van der Waals surface area contributed by atoms with E-state index in [1.807, 2.05) is 0 Å². The Balaban J connectivity index is 1.66. The Bertz CT molecular complexity index is 625. The summed E-state index contributed by atoms with van der Waals surface area (Å²) in [5.74, 6) is 0.466. The number of carbonyl (C=O) groups excluding carboxylic acids is 1. The molecule has 0 radical (unpaired) electrons. The van der Waals surface area contributed by atoms with Gasteiger partial charge in [-0.2, -0.15) is 0 Å². The van der Waals surface area contributed by atoms with Crippen molar-refractivity contribution in [2.24, 2.45) is 17.8 Å². The van der Waals surface area contributed by atoms with Gasteiger partial charge in [0.15, 0.2) is 0 Å². The normalized spacial score (nSPS) is 27.9. The highest BCUT2D eigenvalue weighted by Gasteiger charge is 2.53. The molecular formula is C16H18N2O4. The molecule has 116 valence electrons. The molecule has 0 saturated heterocycles. The number of benzene rings is 1. The molecule has 0 heterocycles. The van der Waals surface area contributed by atoms with Crippen LogP contribution in [0, 0.1) is 27.9 Å². The van der Waals surface area contributed by atoms with E-state index in [1.54, 1.807) is 0 Å². The van der Waals surface area contributed by atoms with Crippen molar-refractivity contribution in [3.63, 3.8) is 0 Å². The topological polar surface area (TPSA) is 92.5 Å². The molecular weight excluding hydrogens is 284 g/mol. The van der Waals surface area contributed by atoms with Crippen molar-refractivity contribution in [1.29, 1.82) is 0 Å². The van der Waals surface area contributed by atoms with Crippen LogP contribution < -0.4 is 5.32 Å². The fourth-order valence-corrected chi connectivity index (χ4v) is 3.39. The SMILES string of the molecule is O=C(Nc1ccc([N+](=O)[O-])cc1O)C1[C@@H]2CC/C=C\CC[C@@H]12. The number of carbonyl (C=O) groups is 1. The van der Waals surface area contributed by atoms with Crippen molar-refractivity contribution in [1.82, 2.24) is 0 Å². The van der Waals surface area contributed by atoms with Crippen LogP contribution >= 0.6 is 0 Å². The number of nitrogens with zero attached hydrogens (tertiary/aromatic N) is 1. The van der Waals surface area contributed by atoms with E-state index < -0.39 is 4.92 Å². The molecule has 2 aliphatic rings. The molecule has 1 fully saturated rings. The maximum atomic E-state index is 12.4. The van der Waals surface area contributed by atoms with Gasteiger partial charge >= 0.3 is 0 Å². The second-order valence-electron chi connectivity index (χ2n) is 5.93. The van der Waals surface area contributed by atoms with Gasteiger partial charge < -0.3 is 10.4 Å². The molecule has 6 heteroatoms. The van der Waals surface area contributed by atoms with Gasteiger partial charge in [-0.25, -0.2) is 0 Å². The molecule has 0 aliphatic heterocycles. The molecule has 2 aliphatic carbocycles. The molecule has 1 aromatic rings. The number of fused-ring (bicyclic) bond motifs is 1. The Kier molecular flexibility index (Phi) is 3.83. The summed E-state index contributed by atoms with van der Waals surface area (Å²) in [6.07, 6.45) is 8.40. The largest absolute Gasteiger partial charge is 0.506 e. The first kappa shape index (κ1) is 14.6. The van der Waals surface area contributed by atoms with E-state index >= 15 is 0 Å². The van der Waals surface area contributed by atoms with Crippen molar-refractivity contribution in [3.05, 3.63) is 40.5 Å². The van der Waals surface area contributed by atoms with Gasteiger partial charge in [0.2, 0.25) is 5.91 Å². The van der Waals surface area contributed by atoms with Gasteiger partial charge in [0, 0.05) is 12.0 Å². The summed E-state index contributed by atoms with van der Waals surface area (Å²) in [4.78, 5) is 22.4. The molecule has 1 aromatic carbocycles. The van der Waals surface area contributed by atoms with Gasteiger partial charge in [-0.3, -0.25) is 14.9 Å². The quantitative estimate of drug-likeness (QED) is 0.388. The van der Waals surface area contributed by atoms with E-state index in [-0.39, 0.29) is 28.9 Å². The average molecular weight is 302 g/mol. The number of hydrogen-bond donors (Lipinski definition) is 2. The first-order valence-corrected chi connectivity index (χ1v) is 7.51. The third kappa shape index (κ3) is 2.81. The highest BCUT2D eigenvalue weighted by molar-refractivity contribution is 5.96. The fraction of sp³-hybridized carbons (Fsp3) is 0.438. The van der Waals surface area contributed by atoms with E-state index in [9.17, 15) is 20.0 Å². The molecule has 0 unspecified atom stereocenters. The van der Waals surface area contributed by atoms with Gasteiger partial charge in [0.05, 0.1) is 16.7 Å². The number of nitrogens with one attached hydrogen (secondary N) is 1. The Hall–Kier alpha value is -2.37. The van der Waals surface area contributed by atoms with E-state index in [1.165, 1.54) is 12.1 Å². The zero-order chi connectivity index (χ0) is 15.7. The smallest absolute Gasteiger partial charge is 0.273 e. The maximum absolute atomic E-state index is 12.4. The fourth-order valence-electron chi connectivity index (χ4n) is 3.39. The minimum Gasteiger partial charge on any atom is -0.506 e. The highest BCUT2D eigenvalue weighted by atomic mass is 16.6. The second-order valence-corrected chi connectivity index (χ2v) is 5.93.